The SMILES string of the molecule is CN(CC(N)=O)C(=O)N(CCC(=O)O)C1CC1. The number of nitrogens with zero attached hydrogens (tertiary/aromatic N) is 2. The average molecular weight is 243 g/mol. The van der Waals surface area contributed by atoms with Crippen molar-refractivity contribution in [3.63, 3.8) is 0 Å². The minimum atomic E-state index is -0.944. The Labute approximate surface area is 99.2 Å². The van der Waals surface area contributed by atoms with E-state index in [2.05, 4.69) is 0 Å². The summed E-state index contributed by atoms with van der Waals surface area (Å²) < 4.78 is 0. The van der Waals surface area contributed by atoms with Gasteiger partial charge >= 0.3 is 12.0 Å². The van der Waals surface area contributed by atoms with Crippen LogP contribution >= 0.6 is 0 Å². The number of hydrogen-bond donors (Lipinski definition) is 2. The highest BCUT2D eigenvalue weighted by atomic mass is 16.4. The number of aliphatic carboxylic acids is 1. The fourth-order valence-corrected chi connectivity index (χ4v) is 1.56. The van der Waals surface area contributed by atoms with Crippen molar-refractivity contribution in [1.82, 2.24) is 9.80 Å². The molecule has 1 aliphatic rings. The van der Waals surface area contributed by atoms with E-state index in [1.54, 1.807) is 0 Å². The highest BCUT2D eigenvalue weighted by Crippen LogP contribution is 2.27. The minimum Gasteiger partial charge on any atom is -0.481 e. The lowest BCUT2D eigenvalue weighted by Gasteiger charge is -2.27. The van der Waals surface area contributed by atoms with Crippen LogP contribution in [-0.4, -0.2) is 59.0 Å². The Kier molecular flexibility index (Phi) is 4.30. The van der Waals surface area contributed by atoms with Gasteiger partial charge in [-0.1, -0.05) is 0 Å². The molecule has 0 aromatic carbocycles. The topological polar surface area (TPSA) is 104 Å². The van der Waals surface area contributed by atoms with Crippen LogP contribution in [0.2, 0.25) is 0 Å². The fourth-order valence-electron chi connectivity index (χ4n) is 1.56. The van der Waals surface area contributed by atoms with Gasteiger partial charge in [-0.25, -0.2) is 4.79 Å². The number of likely N-dealkylation sites (N-methyl/N-ethyl adjacent to an activating group) is 1. The molecule has 0 aromatic rings. The molecule has 1 aliphatic carbocycles. The predicted molar refractivity (Wildman–Crippen MR) is 59.2 cm³/mol. The van der Waals surface area contributed by atoms with Crippen LogP contribution in [0, 0.1) is 0 Å². The molecule has 0 unspecified atom stereocenters. The number of amides is 3. The van der Waals surface area contributed by atoms with Gasteiger partial charge in [0.25, 0.3) is 0 Å². The van der Waals surface area contributed by atoms with Gasteiger partial charge in [0.05, 0.1) is 6.42 Å². The van der Waals surface area contributed by atoms with Crippen LogP contribution in [-0.2, 0) is 9.59 Å². The monoisotopic (exact) mass is 243 g/mol. The molecule has 0 atom stereocenters. The van der Waals surface area contributed by atoms with Gasteiger partial charge in [0, 0.05) is 19.6 Å². The maximum absolute atomic E-state index is 11.9. The highest BCUT2D eigenvalue weighted by molar-refractivity contribution is 5.83. The Bertz CT molecular complexity index is 328. The van der Waals surface area contributed by atoms with Gasteiger partial charge in [-0.05, 0) is 12.8 Å². The maximum atomic E-state index is 11.9. The number of primary amides is 1. The number of carbonyl (C=O) groups excluding carboxylic acids is 2. The van der Waals surface area contributed by atoms with Gasteiger partial charge in [0.2, 0.25) is 5.91 Å². The van der Waals surface area contributed by atoms with Crippen molar-refractivity contribution in [2.45, 2.75) is 25.3 Å². The molecule has 96 valence electrons. The molecule has 3 amide bonds. The zero-order valence-electron chi connectivity index (χ0n) is 9.76. The van der Waals surface area contributed by atoms with Crippen molar-refractivity contribution < 1.29 is 19.5 Å². The van der Waals surface area contributed by atoms with Gasteiger partial charge in [0.15, 0.2) is 0 Å². The van der Waals surface area contributed by atoms with E-state index < -0.39 is 11.9 Å². The minimum absolute atomic E-state index is 0.0906. The fraction of sp³-hybridized carbons (Fsp3) is 0.700. The van der Waals surface area contributed by atoms with E-state index in [1.165, 1.54) is 16.8 Å². The molecule has 7 heteroatoms. The van der Waals surface area contributed by atoms with Crippen molar-refractivity contribution in [3.05, 3.63) is 0 Å². The molecule has 0 heterocycles. The third kappa shape index (κ3) is 4.29. The molecule has 0 aromatic heterocycles. The van der Waals surface area contributed by atoms with Gasteiger partial charge in [-0.2, -0.15) is 0 Å². The number of hydrogen-bond acceptors (Lipinski definition) is 3. The number of carbonyl (C=O) groups is 3. The Morgan fingerprint density at radius 2 is 1.94 bits per heavy atom. The zero-order chi connectivity index (χ0) is 13.0. The van der Waals surface area contributed by atoms with Crippen molar-refractivity contribution in [2.24, 2.45) is 5.73 Å². The first-order valence-corrected chi connectivity index (χ1v) is 5.43. The molecule has 1 fully saturated rings. The summed E-state index contributed by atoms with van der Waals surface area (Å²) in [5.41, 5.74) is 5.00. The van der Waals surface area contributed by atoms with Crippen molar-refractivity contribution >= 4 is 17.9 Å². The average Bonchev–Trinajstić information content (AvgIpc) is 3.00. The second kappa shape index (κ2) is 5.51. The molecule has 0 saturated heterocycles. The third-order valence-corrected chi connectivity index (χ3v) is 2.52. The van der Waals surface area contributed by atoms with E-state index in [9.17, 15) is 14.4 Å². The molecule has 7 nitrogen and oxygen atoms in total. The maximum Gasteiger partial charge on any atom is 0.320 e. The van der Waals surface area contributed by atoms with Crippen LogP contribution in [0.25, 0.3) is 0 Å². The number of nitrogens with two attached hydrogens (primary N) is 1. The van der Waals surface area contributed by atoms with E-state index in [4.69, 9.17) is 10.8 Å². The van der Waals surface area contributed by atoms with Crippen LogP contribution in [0.1, 0.15) is 19.3 Å². The van der Waals surface area contributed by atoms with Crippen molar-refractivity contribution in [2.75, 3.05) is 20.1 Å². The predicted octanol–water partition coefficient (Wildman–Crippen LogP) is -0.537. The molecule has 1 rings (SSSR count). The summed E-state index contributed by atoms with van der Waals surface area (Å²) in [5, 5.41) is 8.60. The molecule has 0 bridgehead atoms. The molecule has 3 N–H and O–H groups in total. The van der Waals surface area contributed by atoms with Crippen LogP contribution in [0.15, 0.2) is 0 Å². The largest absolute Gasteiger partial charge is 0.481 e. The van der Waals surface area contributed by atoms with E-state index >= 15 is 0 Å². The standard InChI is InChI=1S/C10H17N3O4/c1-12(6-8(11)14)10(17)13(7-2-3-7)5-4-9(15)16/h7H,2-6H2,1H3,(H2,11,14)(H,15,16). The van der Waals surface area contributed by atoms with Crippen molar-refractivity contribution in [3.8, 4) is 0 Å². The van der Waals surface area contributed by atoms with Crippen LogP contribution in [0.5, 0.6) is 0 Å². The molecule has 17 heavy (non-hydrogen) atoms. The second-order valence-electron chi connectivity index (χ2n) is 4.17. The summed E-state index contributed by atoms with van der Waals surface area (Å²) in [7, 11) is 1.48. The Hall–Kier alpha value is -1.79. The van der Waals surface area contributed by atoms with Crippen LogP contribution in [0.3, 0.4) is 0 Å². The number of rotatable bonds is 6. The highest BCUT2D eigenvalue weighted by Gasteiger charge is 2.34. The first kappa shape index (κ1) is 13.3. The van der Waals surface area contributed by atoms with Gasteiger partial charge in [-0.3, -0.25) is 9.59 Å². The summed E-state index contributed by atoms with van der Waals surface area (Å²) in [6.45, 7) is 0.0110. The molecule has 0 spiro atoms. The molecule has 0 radical (unpaired) electrons. The summed E-state index contributed by atoms with van der Waals surface area (Å²) in [6, 6.07) is -0.232. The first-order chi connectivity index (χ1) is 7.91. The normalized spacial score (nSPS) is 14.2. The van der Waals surface area contributed by atoms with Gasteiger partial charge in [-0.15, -0.1) is 0 Å². The Balaban J connectivity index is 2.53. The van der Waals surface area contributed by atoms with E-state index in [0.717, 1.165) is 12.8 Å². The molecular weight excluding hydrogens is 226 g/mol. The smallest absolute Gasteiger partial charge is 0.320 e. The molecular formula is C10H17N3O4. The number of carboxylic acid groups (broad SMARTS) is 1. The number of carboxylic acids is 1. The van der Waals surface area contributed by atoms with E-state index in [0.29, 0.717) is 0 Å². The third-order valence-electron chi connectivity index (χ3n) is 2.52. The lowest BCUT2D eigenvalue weighted by molar-refractivity contribution is -0.137. The lowest BCUT2D eigenvalue weighted by Crippen LogP contribution is -2.46. The Morgan fingerprint density at radius 3 is 2.35 bits per heavy atom. The lowest BCUT2D eigenvalue weighted by atomic mass is 10.3. The second-order valence-corrected chi connectivity index (χ2v) is 4.17. The van der Waals surface area contributed by atoms with E-state index in [-0.39, 0.29) is 31.6 Å². The first-order valence-electron chi connectivity index (χ1n) is 5.43. The van der Waals surface area contributed by atoms with Crippen LogP contribution in [0.4, 0.5) is 4.79 Å². The van der Waals surface area contributed by atoms with E-state index in [1.807, 2.05) is 0 Å². The number of urea groups is 1. The quantitative estimate of drug-likeness (QED) is 0.653. The van der Waals surface area contributed by atoms with Gasteiger partial charge in [0.1, 0.15) is 6.54 Å². The molecule has 0 aliphatic heterocycles. The molecule has 1 saturated carbocycles. The van der Waals surface area contributed by atoms with Gasteiger partial charge < -0.3 is 20.6 Å². The summed E-state index contributed by atoms with van der Waals surface area (Å²) in [6.07, 6.45) is 1.68. The Morgan fingerprint density at radius 1 is 1.35 bits per heavy atom. The summed E-state index contributed by atoms with van der Waals surface area (Å²) >= 11 is 0. The summed E-state index contributed by atoms with van der Waals surface area (Å²) in [5.74, 6) is -1.53. The van der Waals surface area contributed by atoms with Crippen LogP contribution < -0.4 is 5.73 Å². The summed E-state index contributed by atoms with van der Waals surface area (Å²) in [4.78, 5) is 35.8. The zero-order valence-corrected chi connectivity index (χ0v) is 9.76. The van der Waals surface area contributed by atoms with Crippen molar-refractivity contribution in [1.29, 1.82) is 0 Å².